The van der Waals surface area contributed by atoms with Gasteiger partial charge < -0.3 is 15.1 Å². The number of hydrogen-bond donors (Lipinski definition) is 1. The van der Waals surface area contributed by atoms with Crippen LogP contribution in [0.25, 0.3) is 21.9 Å². The summed E-state index contributed by atoms with van der Waals surface area (Å²) in [7, 11) is 0. The maximum absolute atomic E-state index is 13.8. The Bertz CT molecular complexity index is 1480. The molecular weight excluding hydrogens is 466 g/mol. The number of amides is 1. The Hall–Kier alpha value is -4.05. The molecule has 1 amide bonds. The summed E-state index contributed by atoms with van der Waals surface area (Å²) >= 11 is 0. The molecule has 0 fully saturated rings. The van der Waals surface area contributed by atoms with Crippen molar-refractivity contribution in [2.45, 2.75) is 26.3 Å². The lowest BCUT2D eigenvalue weighted by molar-refractivity contribution is 0.0751. The van der Waals surface area contributed by atoms with Gasteiger partial charge in [0.25, 0.3) is 5.91 Å². The maximum atomic E-state index is 13.8. The van der Waals surface area contributed by atoms with Crippen molar-refractivity contribution in [1.29, 1.82) is 0 Å². The molecule has 0 saturated carbocycles. The van der Waals surface area contributed by atoms with Crippen LogP contribution >= 0.6 is 0 Å². The fourth-order valence-corrected chi connectivity index (χ4v) is 5.70. The van der Waals surface area contributed by atoms with Gasteiger partial charge in [-0.1, -0.05) is 73.7 Å². The second kappa shape index (κ2) is 10.7. The highest BCUT2D eigenvalue weighted by Gasteiger charge is 2.25. The van der Waals surface area contributed by atoms with Gasteiger partial charge in [-0.15, -0.1) is 0 Å². The van der Waals surface area contributed by atoms with Crippen molar-refractivity contribution < 1.29 is 4.79 Å². The van der Waals surface area contributed by atoms with Crippen molar-refractivity contribution in [1.82, 2.24) is 10.2 Å². The van der Waals surface area contributed by atoms with Gasteiger partial charge in [0.15, 0.2) is 0 Å². The first-order valence-corrected chi connectivity index (χ1v) is 13.8. The Morgan fingerprint density at radius 3 is 2.55 bits per heavy atom. The predicted molar refractivity (Wildman–Crippen MR) is 157 cm³/mol. The molecule has 4 aromatic rings. The average Bonchev–Trinajstić information content (AvgIpc) is 3.28. The largest absolute Gasteiger partial charge is 0.391 e. The summed E-state index contributed by atoms with van der Waals surface area (Å²) in [6, 6.07) is 31.6. The molecule has 2 heterocycles. The SMILES string of the molecule is C[C@H]1CCC(CN2CCN(C(=O)c3ccc4ccccc4c3)Cc3cc(-c4ccccc4)ccc32)=CNC1. The molecule has 38 heavy (non-hydrogen) atoms. The predicted octanol–water partition coefficient (Wildman–Crippen LogP) is 6.87. The molecule has 6 rings (SSSR count). The fourth-order valence-electron chi connectivity index (χ4n) is 5.70. The highest BCUT2D eigenvalue weighted by atomic mass is 16.2. The number of carbonyl (C=O) groups is 1. The summed E-state index contributed by atoms with van der Waals surface area (Å²) in [5.74, 6) is 0.779. The number of hydrogen-bond acceptors (Lipinski definition) is 3. The molecule has 0 saturated heterocycles. The minimum Gasteiger partial charge on any atom is -0.391 e. The average molecular weight is 502 g/mol. The van der Waals surface area contributed by atoms with E-state index < -0.39 is 0 Å². The summed E-state index contributed by atoms with van der Waals surface area (Å²) in [5, 5.41) is 5.77. The first-order chi connectivity index (χ1) is 18.6. The van der Waals surface area contributed by atoms with E-state index in [0.29, 0.717) is 19.0 Å². The van der Waals surface area contributed by atoms with Crippen LogP contribution in [0.5, 0.6) is 0 Å². The molecule has 4 heteroatoms. The van der Waals surface area contributed by atoms with Crippen molar-refractivity contribution in [2.24, 2.45) is 5.92 Å². The summed E-state index contributed by atoms with van der Waals surface area (Å²) in [5.41, 5.74) is 7.01. The fraction of sp³-hybridized carbons (Fsp3) is 0.265. The monoisotopic (exact) mass is 501 g/mol. The number of anilines is 1. The number of fused-ring (bicyclic) bond motifs is 2. The van der Waals surface area contributed by atoms with Crippen LogP contribution in [-0.2, 0) is 6.54 Å². The van der Waals surface area contributed by atoms with Gasteiger partial charge in [0.05, 0.1) is 0 Å². The number of nitrogens with one attached hydrogen (secondary N) is 1. The second-order valence-corrected chi connectivity index (χ2v) is 10.8. The number of nitrogens with zero attached hydrogens (tertiary/aromatic N) is 2. The molecule has 192 valence electrons. The molecule has 1 atom stereocenters. The van der Waals surface area contributed by atoms with Gasteiger partial charge in [-0.25, -0.2) is 0 Å². The Balaban J connectivity index is 1.33. The first kappa shape index (κ1) is 24.3. The lowest BCUT2D eigenvalue weighted by atomic mass is 10.00. The van der Waals surface area contributed by atoms with Gasteiger partial charge >= 0.3 is 0 Å². The van der Waals surface area contributed by atoms with Gasteiger partial charge in [-0.05, 0) is 82.3 Å². The van der Waals surface area contributed by atoms with E-state index in [-0.39, 0.29) is 5.91 Å². The third-order valence-electron chi connectivity index (χ3n) is 7.94. The number of rotatable bonds is 4. The van der Waals surface area contributed by atoms with E-state index in [9.17, 15) is 4.79 Å². The Morgan fingerprint density at radius 1 is 0.868 bits per heavy atom. The van der Waals surface area contributed by atoms with Crippen LogP contribution in [0.3, 0.4) is 0 Å². The normalized spacial score (nSPS) is 17.7. The van der Waals surface area contributed by atoms with E-state index in [4.69, 9.17) is 0 Å². The molecule has 0 bridgehead atoms. The topological polar surface area (TPSA) is 35.6 Å². The quantitative estimate of drug-likeness (QED) is 0.331. The van der Waals surface area contributed by atoms with E-state index in [1.807, 2.05) is 35.2 Å². The van der Waals surface area contributed by atoms with Gasteiger partial charge in [0, 0.05) is 44.0 Å². The van der Waals surface area contributed by atoms with Crippen LogP contribution in [0.15, 0.2) is 103 Å². The summed E-state index contributed by atoms with van der Waals surface area (Å²) in [4.78, 5) is 18.3. The van der Waals surface area contributed by atoms with E-state index in [1.54, 1.807) is 0 Å². The van der Waals surface area contributed by atoms with Crippen molar-refractivity contribution in [3.8, 4) is 11.1 Å². The molecule has 0 spiro atoms. The van der Waals surface area contributed by atoms with E-state index in [2.05, 4.69) is 84.0 Å². The molecule has 1 N–H and O–H groups in total. The van der Waals surface area contributed by atoms with Crippen LogP contribution in [0.4, 0.5) is 5.69 Å². The number of benzene rings is 4. The standard InChI is InChI=1S/C34H35N3O/c1-25-11-12-26(22-35-21-25)23-36-17-18-37(34(38)31-14-13-28-9-5-6-10-29(28)19-31)24-32-20-30(15-16-33(32)36)27-7-3-2-4-8-27/h2-10,13-16,19-20,22,25,35H,11-12,17-18,21,23-24H2,1H3/t25-/m0/s1. The van der Waals surface area contributed by atoms with Gasteiger partial charge in [-0.2, -0.15) is 0 Å². The van der Waals surface area contributed by atoms with Crippen LogP contribution in [-0.4, -0.2) is 37.0 Å². The Labute approximate surface area is 225 Å². The Kier molecular flexibility index (Phi) is 6.87. The molecule has 2 aliphatic rings. The second-order valence-electron chi connectivity index (χ2n) is 10.8. The number of carbonyl (C=O) groups excluding carboxylic acids is 1. The van der Waals surface area contributed by atoms with Crippen molar-refractivity contribution in [2.75, 3.05) is 31.1 Å². The van der Waals surface area contributed by atoms with Gasteiger partial charge in [0.2, 0.25) is 0 Å². The molecule has 0 unspecified atom stereocenters. The zero-order chi connectivity index (χ0) is 25.9. The lowest BCUT2D eigenvalue weighted by Gasteiger charge is -2.26. The first-order valence-electron chi connectivity index (χ1n) is 13.8. The molecule has 0 aliphatic carbocycles. The zero-order valence-corrected chi connectivity index (χ0v) is 22.1. The van der Waals surface area contributed by atoms with Crippen molar-refractivity contribution in [3.63, 3.8) is 0 Å². The van der Waals surface area contributed by atoms with Crippen LogP contribution in [0.1, 0.15) is 35.7 Å². The van der Waals surface area contributed by atoms with E-state index in [1.165, 1.54) is 34.4 Å². The summed E-state index contributed by atoms with van der Waals surface area (Å²) < 4.78 is 0. The Morgan fingerprint density at radius 2 is 1.68 bits per heavy atom. The van der Waals surface area contributed by atoms with Crippen molar-refractivity contribution in [3.05, 3.63) is 114 Å². The highest BCUT2D eigenvalue weighted by molar-refractivity contribution is 5.98. The van der Waals surface area contributed by atoms with Crippen LogP contribution in [0, 0.1) is 5.92 Å². The van der Waals surface area contributed by atoms with Crippen LogP contribution in [0.2, 0.25) is 0 Å². The van der Waals surface area contributed by atoms with E-state index in [0.717, 1.165) is 42.4 Å². The molecule has 4 aromatic carbocycles. The minimum absolute atomic E-state index is 0.0952. The molecule has 0 aromatic heterocycles. The molecule has 4 nitrogen and oxygen atoms in total. The van der Waals surface area contributed by atoms with Crippen molar-refractivity contribution >= 4 is 22.4 Å². The lowest BCUT2D eigenvalue weighted by Crippen LogP contribution is -2.36. The summed E-state index contributed by atoms with van der Waals surface area (Å²) in [6.45, 7) is 6.34. The smallest absolute Gasteiger partial charge is 0.254 e. The molecule has 0 radical (unpaired) electrons. The zero-order valence-electron chi connectivity index (χ0n) is 22.1. The van der Waals surface area contributed by atoms with Crippen LogP contribution < -0.4 is 10.2 Å². The minimum atomic E-state index is 0.0952. The highest BCUT2D eigenvalue weighted by Crippen LogP contribution is 2.32. The third-order valence-corrected chi connectivity index (χ3v) is 7.94. The molecule has 2 aliphatic heterocycles. The van der Waals surface area contributed by atoms with E-state index >= 15 is 0 Å². The van der Waals surface area contributed by atoms with Gasteiger partial charge in [0.1, 0.15) is 0 Å². The summed E-state index contributed by atoms with van der Waals surface area (Å²) in [6.07, 6.45) is 4.55. The maximum Gasteiger partial charge on any atom is 0.254 e. The molecular formula is C34H35N3O. The third kappa shape index (κ3) is 5.17. The van der Waals surface area contributed by atoms with Gasteiger partial charge in [-0.3, -0.25) is 4.79 Å².